The van der Waals surface area contributed by atoms with Gasteiger partial charge < -0.3 is 9.72 Å². The molecule has 5 rings (SSSR count). The minimum Gasteiger partial charge on any atom is -0.496 e. The lowest BCUT2D eigenvalue weighted by molar-refractivity contribution is 0.352. The number of rotatable bonds is 5. The van der Waals surface area contributed by atoms with Gasteiger partial charge in [-0.1, -0.05) is 60.1 Å². The van der Waals surface area contributed by atoms with Crippen LogP contribution >= 0.6 is 11.6 Å². The number of hydrogen-bond donors (Lipinski definition) is 1. The Morgan fingerprint density at radius 1 is 1.03 bits per heavy atom. The summed E-state index contributed by atoms with van der Waals surface area (Å²) in [6, 6.07) is 21.3. The molecule has 1 atom stereocenters. The van der Waals surface area contributed by atoms with Crippen LogP contribution in [-0.2, 0) is 10.0 Å². The van der Waals surface area contributed by atoms with Crippen molar-refractivity contribution in [3.63, 3.8) is 0 Å². The van der Waals surface area contributed by atoms with Gasteiger partial charge in [0.25, 0.3) is 5.56 Å². The Balaban J connectivity index is 1.78. The van der Waals surface area contributed by atoms with Gasteiger partial charge in [0.1, 0.15) is 5.75 Å². The molecule has 0 radical (unpaired) electrons. The second kappa shape index (κ2) is 8.87. The molecular weight excluding hydrogens is 486 g/mol. The van der Waals surface area contributed by atoms with Crippen molar-refractivity contribution in [2.24, 2.45) is 5.10 Å². The lowest BCUT2D eigenvalue weighted by atomic mass is 9.91. The van der Waals surface area contributed by atoms with Gasteiger partial charge in [-0.25, -0.2) is 8.42 Å². The third-order valence-electron chi connectivity index (χ3n) is 6.04. The molecule has 35 heavy (non-hydrogen) atoms. The van der Waals surface area contributed by atoms with E-state index in [2.05, 4.69) is 10.1 Å². The number of sulfonamides is 1. The molecule has 0 bridgehead atoms. The van der Waals surface area contributed by atoms with Gasteiger partial charge in [-0.3, -0.25) is 4.79 Å². The standard InChI is InChI=1S/C26H22ClN3O4S/c1-34-23-11-7-6-10-18(23)22-15-21(29-30(22)35(2,32)33)25-24(16-8-4-3-5-9-16)19-14-17(27)12-13-20(19)28-26(25)31/h3-14,22H,15H2,1-2H3,(H,28,31)/t22-/m1/s1. The Morgan fingerprint density at radius 3 is 2.46 bits per heavy atom. The molecule has 1 aliphatic heterocycles. The van der Waals surface area contributed by atoms with E-state index in [1.807, 2.05) is 48.5 Å². The quantitative estimate of drug-likeness (QED) is 0.413. The molecule has 0 amide bonds. The summed E-state index contributed by atoms with van der Waals surface area (Å²) in [7, 11) is -2.22. The van der Waals surface area contributed by atoms with Gasteiger partial charge in [0, 0.05) is 33.5 Å². The summed E-state index contributed by atoms with van der Waals surface area (Å²) in [6.07, 6.45) is 1.30. The SMILES string of the molecule is COc1ccccc1[C@H]1CC(c2c(-c3ccccc3)c3cc(Cl)ccc3[nH]c2=O)=NN1S(C)(=O)=O. The molecule has 1 aliphatic rings. The predicted octanol–water partition coefficient (Wildman–Crippen LogP) is 4.97. The van der Waals surface area contributed by atoms with E-state index in [9.17, 15) is 13.2 Å². The zero-order valence-corrected chi connectivity index (χ0v) is 20.6. The maximum Gasteiger partial charge on any atom is 0.258 e. The van der Waals surface area contributed by atoms with Crippen LogP contribution < -0.4 is 10.3 Å². The molecule has 0 saturated heterocycles. The van der Waals surface area contributed by atoms with E-state index in [0.29, 0.717) is 38.7 Å². The van der Waals surface area contributed by atoms with Gasteiger partial charge in [0.05, 0.1) is 30.7 Å². The minimum absolute atomic E-state index is 0.197. The average Bonchev–Trinajstić information content (AvgIpc) is 3.29. The zero-order chi connectivity index (χ0) is 24.7. The van der Waals surface area contributed by atoms with E-state index in [-0.39, 0.29) is 12.0 Å². The van der Waals surface area contributed by atoms with Crippen LogP contribution in [0, 0.1) is 0 Å². The number of hydrogen-bond acceptors (Lipinski definition) is 5. The Kier molecular flexibility index (Phi) is 5.86. The normalized spacial score (nSPS) is 15.9. The number of H-pyrrole nitrogens is 1. The van der Waals surface area contributed by atoms with Crippen LogP contribution in [0.25, 0.3) is 22.0 Å². The number of fused-ring (bicyclic) bond motifs is 1. The van der Waals surface area contributed by atoms with Crippen molar-refractivity contribution in [2.45, 2.75) is 12.5 Å². The molecule has 7 nitrogen and oxygen atoms in total. The van der Waals surface area contributed by atoms with Crippen LogP contribution in [0.1, 0.15) is 23.6 Å². The van der Waals surface area contributed by atoms with E-state index in [1.165, 1.54) is 7.11 Å². The summed E-state index contributed by atoms with van der Waals surface area (Å²) in [6.45, 7) is 0. The van der Waals surface area contributed by atoms with Crippen LogP contribution in [0.5, 0.6) is 5.75 Å². The maximum absolute atomic E-state index is 13.5. The van der Waals surface area contributed by atoms with Crippen LogP contribution in [0.3, 0.4) is 0 Å². The predicted molar refractivity (Wildman–Crippen MR) is 139 cm³/mol. The van der Waals surface area contributed by atoms with Crippen LogP contribution in [-0.4, -0.2) is 36.9 Å². The number of aromatic nitrogens is 1. The van der Waals surface area contributed by atoms with Crippen molar-refractivity contribution >= 4 is 38.2 Å². The number of halogens is 1. The number of aromatic amines is 1. The number of nitrogens with zero attached hydrogens (tertiary/aromatic N) is 2. The van der Waals surface area contributed by atoms with Crippen LogP contribution in [0.4, 0.5) is 0 Å². The second-order valence-corrected chi connectivity index (χ2v) is 10.6. The van der Waals surface area contributed by atoms with Gasteiger partial charge in [-0.2, -0.15) is 9.52 Å². The highest BCUT2D eigenvalue weighted by atomic mass is 35.5. The Hall–Kier alpha value is -3.62. The molecule has 178 valence electrons. The number of pyridine rings is 1. The van der Waals surface area contributed by atoms with Gasteiger partial charge in [0.2, 0.25) is 10.0 Å². The Morgan fingerprint density at radius 2 is 1.74 bits per heavy atom. The van der Waals surface area contributed by atoms with E-state index in [1.54, 1.807) is 24.3 Å². The van der Waals surface area contributed by atoms with E-state index >= 15 is 0 Å². The highest BCUT2D eigenvalue weighted by Gasteiger charge is 2.37. The zero-order valence-electron chi connectivity index (χ0n) is 19.0. The Labute approximate surface area is 207 Å². The van der Waals surface area contributed by atoms with Crippen molar-refractivity contribution < 1.29 is 13.2 Å². The molecule has 0 fully saturated rings. The fraction of sp³-hybridized carbons (Fsp3) is 0.154. The van der Waals surface area contributed by atoms with Crippen molar-refractivity contribution in [3.05, 3.63) is 99.3 Å². The molecule has 0 aliphatic carbocycles. The molecule has 0 unspecified atom stereocenters. The number of methoxy groups -OCH3 is 1. The molecule has 1 aromatic heterocycles. The van der Waals surface area contributed by atoms with Crippen molar-refractivity contribution in [2.75, 3.05) is 13.4 Å². The van der Waals surface area contributed by atoms with Gasteiger partial charge in [0.15, 0.2) is 0 Å². The number of ether oxygens (including phenoxy) is 1. The smallest absolute Gasteiger partial charge is 0.258 e. The van der Waals surface area contributed by atoms with Crippen molar-refractivity contribution in [3.8, 4) is 16.9 Å². The van der Waals surface area contributed by atoms with Gasteiger partial charge in [-0.15, -0.1) is 0 Å². The fourth-order valence-electron chi connectivity index (χ4n) is 4.56. The summed E-state index contributed by atoms with van der Waals surface area (Å²) in [5, 5.41) is 5.75. The first-order chi connectivity index (χ1) is 16.8. The van der Waals surface area contributed by atoms with Gasteiger partial charge in [-0.05, 0) is 29.8 Å². The summed E-state index contributed by atoms with van der Waals surface area (Å²) in [4.78, 5) is 16.4. The molecule has 4 aromatic rings. The summed E-state index contributed by atoms with van der Waals surface area (Å²) in [5.41, 5.74) is 3.08. The monoisotopic (exact) mass is 507 g/mol. The average molecular weight is 508 g/mol. The van der Waals surface area contributed by atoms with Crippen LogP contribution in [0.15, 0.2) is 82.7 Å². The topological polar surface area (TPSA) is 91.8 Å². The highest BCUT2D eigenvalue weighted by molar-refractivity contribution is 7.88. The fourth-order valence-corrected chi connectivity index (χ4v) is 5.63. The summed E-state index contributed by atoms with van der Waals surface area (Å²) < 4.78 is 32.1. The second-order valence-electron chi connectivity index (χ2n) is 8.30. The van der Waals surface area contributed by atoms with Crippen molar-refractivity contribution in [1.82, 2.24) is 9.40 Å². The Bertz CT molecular complexity index is 1630. The number of benzene rings is 3. The first-order valence-corrected chi connectivity index (χ1v) is 13.1. The third kappa shape index (κ3) is 4.19. The lowest BCUT2D eigenvalue weighted by Gasteiger charge is -2.23. The first-order valence-electron chi connectivity index (χ1n) is 10.9. The number of para-hydroxylation sites is 1. The molecular formula is C26H22ClN3O4S. The number of hydrazone groups is 1. The van der Waals surface area contributed by atoms with E-state index < -0.39 is 16.1 Å². The molecule has 0 saturated carbocycles. The molecule has 2 heterocycles. The highest BCUT2D eigenvalue weighted by Crippen LogP contribution is 2.40. The largest absolute Gasteiger partial charge is 0.496 e. The minimum atomic E-state index is -3.75. The molecule has 1 N–H and O–H groups in total. The third-order valence-corrected chi connectivity index (χ3v) is 7.29. The molecule has 0 spiro atoms. The van der Waals surface area contributed by atoms with E-state index in [0.717, 1.165) is 21.6 Å². The van der Waals surface area contributed by atoms with Gasteiger partial charge >= 0.3 is 0 Å². The maximum atomic E-state index is 13.5. The van der Waals surface area contributed by atoms with Crippen molar-refractivity contribution in [1.29, 1.82) is 0 Å². The summed E-state index contributed by atoms with van der Waals surface area (Å²) >= 11 is 6.33. The first kappa shape index (κ1) is 23.1. The van der Waals surface area contributed by atoms with Crippen LogP contribution in [0.2, 0.25) is 5.02 Å². The lowest BCUT2D eigenvalue weighted by Crippen LogP contribution is -2.26. The molecule has 3 aromatic carbocycles. The molecule has 9 heteroatoms. The van der Waals surface area contributed by atoms with E-state index in [4.69, 9.17) is 16.3 Å². The number of nitrogens with one attached hydrogen (secondary N) is 1. The summed E-state index contributed by atoms with van der Waals surface area (Å²) in [5.74, 6) is 0.546.